The number of benzene rings is 1. The van der Waals surface area contributed by atoms with Crippen LogP contribution in [0.25, 0.3) is 0 Å². The second-order valence-electron chi connectivity index (χ2n) is 5.23. The summed E-state index contributed by atoms with van der Waals surface area (Å²) in [6.07, 6.45) is 4.09. The summed E-state index contributed by atoms with van der Waals surface area (Å²) >= 11 is 0. The second kappa shape index (κ2) is 5.88. The summed E-state index contributed by atoms with van der Waals surface area (Å²) in [4.78, 5) is 32.4. The van der Waals surface area contributed by atoms with Gasteiger partial charge in [-0.1, -0.05) is 6.07 Å². The third-order valence-electron chi connectivity index (χ3n) is 3.66. The molecule has 7 heteroatoms. The van der Waals surface area contributed by atoms with Gasteiger partial charge < -0.3 is 20.5 Å². The van der Waals surface area contributed by atoms with Crippen molar-refractivity contribution in [2.24, 2.45) is 0 Å². The van der Waals surface area contributed by atoms with Crippen LogP contribution in [0.1, 0.15) is 21.6 Å². The highest BCUT2D eigenvalue weighted by molar-refractivity contribution is 5.98. The van der Waals surface area contributed by atoms with Gasteiger partial charge in [-0.2, -0.15) is 0 Å². The normalized spacial score (nSPS) is 13.0. The molecule has 22 heavy (non-hydrogen) atoms. The van der Waals surface area contributed by atoms with Gasteiger partial charge in [0.25, 0.3) is 5.91 Å². The molecule has 0 aliphatic carbocycles. The minimum absolute atomic E-state index is 0.0740. The van der Waals surface area contributed by atoms with Gasteiger partial charge in [0.05, 0.1) is 6.33 Å². The van der Waals surface area contributed by atoms with Crippen molar-refractivity contribution in [3.05, 3.63) is 47.5 Å². The molecule has 1 aromatic heterocycles. The molecule has 0 spiro atoms. The number of anilines is 1. The minimum atomic E-state index is -0.246. The third-order valence-corrected chi connectivity index (χ3v) is 3.66. The van der Waals surface area contributed by atoms with Crippen LogP contribution in [0.4, 0.5) is 10.5 Å². The van der Waals surface area contributed by atoms with Crippen LogP contribution in [0.2, 0.25) is 0 Å². The maximum absolute atomic E-state index is 12.4. The maximum atomic E-state index is 12.4. The topological polar surface area (TPSA) is 90.1 Å². The van der Waals surface area contributed by atoms with Crippen LogP contribution in [0, 0.1) is 0 Å². The van der Waals surface area contributed by atoms with Crippen molar-refractivity contribution in [3.63, 3.8) is 0 Å². The number of amides is 3. The molecule has 2 aromatic rings. The Labute approximate surface area is 127 Å². The summed E-state index contributed by atoms with van der Waals surface area (Å²) in [5.74, 6) is -0.0740. The molecule has 0 unspecified atom stereocenters. The Morgan fingerprint density at radius 1 is 1.41 bits per heavy atom. The fraction of sp³-hybridized carbons (Fsp3) is 0.267. The van der Waals surface area contributed by atoms with Crippen LogP contribution in [-0.2, 0) is 13.0 Å². The molecule has 1 aliphatic rings. The Balaban J connectivity index is 1.69. The lowest BCUT2D eigenvalue weighted by molar-refractivity contribution is 0.0796. The highest BCUT2D eigenvalue weighted by atomic mass is 16.2. The van der Waals surface area contributed by atoms with Gasteiger partial charge in [0.1, 0.15) is 0 Å². The van der Waals surface area contributed by atoms with Crippen LogP contribution in [0.5, 0.6) is 0 Å². The van der Waals surface area contributed by atoms with E-state index < -0.39 is 0 Å². The lowest BCUT2D eigenvalue weighted by atomic mass is 10.1. The summed E-state index contributed by atoms with van der Waals surface area (Å²) in [7, 11) is 1.76. The third kappa shape index (κ3) is 2.93. The van der Waals surface area contributed by atoms with Gasteiger partial charge in [-0.25, -0.2) is 9.78 Å². The van der Waals surface area contributed by atoms with E-state index in [4.69, 9.17) is 0 Å². The predicted molar refractivity (Wildman–Crippen MR) is 81.6 cm³/mol. The number of carbonyl (C=O) groups is 2. The monoisotopic (exact) mass is 299 g/mol. The molecule has 1 aromatic carbocycles. The number of nitrogens with one attached hydrogen (secondary N) is 3. The van der Waals surface area contributed by atoms with Crippen molar-refractivity contribution in [1.29, 1.82) is 0 Å². The van der Waals surface area contributed by atoms with Crippen LogP contribution < -0.4 is 10.6 Å². The van der Waals surface area contributed by atoms with E-state index in [-0.39, 0.29) is 11.9 Å². The summed E-state index contributed by atoms with van der Waals surface area (Å²) in [5, 5.41) is 5.41. The lowest BCUT2D eigenvalue weighted by Gasteiger charge is -2.21. The Bertz CT molecular complexity index is 696. The molecule has 0 radical (unpaired) electrons. The van der Waals surface area contributed by atoms with E-state index in [1.165, 1.54) is 0 Å². The first-order valence-electron chi connectivity index (χ1n) is 7.04. The van der Waals surface area contributed by atoms with Gasteiger partial charge in [0.2, 0.25) is 0 Å². The largest absolute Gasteiger partial charge is 0.348 e. The molecule has 3 rings (SSSR count). The summed E-state index contributed by atoms with van der Waals surface area (Å²) in [6, 6.07) is 5.12. The highest BCUT2D eigenvalue weighted by Crippen LogP contribution is 2.21. The first-order valence-corrected chi connectivity index (χ1v) is 7.04. The number of fused-ring (bicyclic) bond motifs is 1. The van der Waals surface area contributed by atoms with Gasteiger partial charge in [-0.05, 0) is 17.7 Å². The average Bonchev–Trinajstić information content (AvgIpc) is 3.04. The molecule has 7 nitrogen and oxygen atoms in total. The molecule has 3 amide bonds. The fourth-order valence-corrected chi connectivity index (χ4v) is 2.35. The number of hydrogen-bond donors (Lipinski definition) is 3. The zero-order valence-corrected chi connectivity index (χ0v) is 12.2. The van der Waals surface area contributed by atoms with E-state index in [9.17, 15) is 9.59 Å². The van der Waals surface area contributed by atoms with Crippen LogP contribution >= 0.6 is 0 Å². The number of nitrogens with zero attached hydrogens (tertiary/aromatic N) is 2. The number of carbonyl (C=O) groups excluding carboxylic acids is 2. The van der Waals surface area contributed by atoms with Crippen molar-refractivity contribution < 1.29 is 9.59 Å². The Kier molecular flexibility index (Phi) is 3.78. The molecule has 0 saturated heterocycles. The molecule has 1 aliphatic heterocycles. The van der Waals surface area contributed by atoms with Crippen molar-refractivity contribution in [2.75, 3.05) is 18.9 Å². The molecule has 0 fully saturated rings. The second-order valence-corrected chi connectivity index (χ2v) is 5.23. The quantitative estimate of drug-likeness (QED) is 0.796. The van der Waals surface area contributed by atoms with E-state index in [1.54, 1.807) is 36.6 Å². The van der Waals surface area contributed by atoms with Crippen LogP contribution in [0.15, 0.2) is 30.7 Å². The van der Waals surface area contributed by atoms with Crippen molar-refractivity contribution in [1.82, 2.24) is 20.2 Å². The van der Waals surface area contributed by atoms with Crippen LogP contribution in [0.3, 0.4) is 0 Å². The van der Waals surface area contributed by atoms with Crippen LogP contribution in [-0.4, -0.2) is 40.4 Å². The number of urea groups is 1. The van der Waals surface area contributed by atoms with Gasteiger partial charge in [0.15, 0.2) is 0 Å². The van der Waals surface area contributed by atoms with E-state index in [0.717, 1.165) is 11.3 Å². The van der Waals surface area contributed by atoms with Gasteiger partial charge in [-0.15, -0.1) is 0 Å². The van der Waals surface area contributed by atoms with Gasteiger partial charge in [-0.3, -0.25) is 4.79 Å². The average molecular weight is 299 g/mol. The number of likely N-dealkylation sites (N-methyl/N-ethyl adjacent to an activating group) is 1. The fourth-order valence-electron chi connectivity index (χ4n) is 2.35. The van der Waals surface area contributed by atoms with E-state index in [0.29, 0.717) is 30.8 Å². The Morgan fingerprint density at radius 2 is 2.27 bits per heavy atom. The Hall–Kier alpha value is -2.83. The van der Waals surface area contributed by atoms with Gasteiger partial charge in [0, 0.05) is 49.7 Å². The zero-order valence-electron chi connectivity index (χ0n) is 12.2. The minimum Gasteiger partial charge on any atom is -0.348 e. The lowest BCUT2D eigenvalue weighted by Crippen LogP contribution is -2.34. The highest BCUT2D eigenvalue weighted by Gasteiger charge is 2.17. The SMILES string of the molecule is CN(CCc1cnc[nH]1)C(=O)c1ccc2c(c1)NC(=O)NC2. The van der Waals surface area contributed by atoms with Gasteiger partial charge >= 0.3 is 6.03 Å². The number of rotatable bonds is 4. The standard InChI is InChI=1S/C15H17N5O2/c1-20(5-4-12-8-16-9-18-12)14(21)10-2-3-11-7-17-15(22)19-13(11)6-10/h2-3,6,8-9H,4-5,7H2,1H3,(H,16,18)(H2,17,19,22). The number of aromatic amines is 1. The molecule has 2 heterocycles. The van der Waals surface area contributed by atoms with Crippen molar-refractivity contribution >= 4 is 17.6 Å². The first-order chi connectivity index (χ1) is 10.6. The Morgan fingerprint density at radius 3 is 3.05 bits per heavy atom. The number of H-pyrrole nitrogens is 1. The summed E-state index contributed by atoms with van der Waals surface area (Å²) in [5.41, 5.74) is 3.21. The number of imidazole rings is 1. The zero-order chi connectivity index (χ0) is 15.5. The number of hydrogen-bond acceptors (Lipinski definition) is 3. The predicted octanol–water partition coefficient (Wildman–Crippen LogP) is 1.36. The summed E-state index contributed by atoms with van der Waals surface area (Å²) < 4.78 is 0. The first kappa shape index (κ1) is 14.1. The molecular formula is C15H17N5O2. The van der Waals surface area contributed by atoms with E-state index in [1.807, 2.05) is 6.07 Å². The summed E-state index contributed by atoms with van der Waals surface area (Å²) in [6.45, 7) is 1.07. The molecule has 3 N–H and O–H groups in total. The molecule has 114 valence electrons. The number of aromatic nitrogens is 2. The van der Waals surface area contributed by atoms with E-state index >= 15 is 0 Å². The smallest absolute Gasteiger partial charge is 0.319 e. The maximum Gasteiger partial charge on any atom is 0.319 e. The molecule has 0 atom stereocenters. The van der Waals surface area contributed by atoms with Crippen molar-refractivity contribution in [2.45, 2.75) is 13.0 Å². The molecule has 0 bridgehead atoms. The van der Waals surface area contributed by atoms with Crippen molar-refractivity contribution in [3.8, 4) is 0 Å². The van der Waals surface area contributed by atoms with E-state index in [2.05, 4.69) is 20.6 Å². The molecule has 0 saturated carbocycles. The molecular weight excluding hydrogens is 282 g/mol.